The van der Waals surface area contributed by atoms with Crippen molar-refractivity contribution in [3.05, 3.63) is 54.6 Å². The van der Waals surface area contributed by atoms with Gasteiger partial charge in [-0.25, -0.2) is 0 Å². The number of ether oxygens (including phenoxy) is 1. The fraction of sp³-hybridized carbons (Fsp3) is 0.368. The molecule has 1 fully saturated rings. The van der Waals surface area contributed by atoms with Crippen LogP contribution < -0.4 is 18.7 Å². The van der Waals surface area contributed by atoms with E-state index in [1.165, 1.54) is 4.90 Å². The molecule has 1 N–H and O–H groups in total. The standard InChI is InChI=1S/C19H24N2O4S/c1-24-19-10-6-5-9-18(19)21-13-11-20(12-14-21)15-16-26(22,23)25-17-7-3-2-4-8-17/h2-10H,11-16H2,1H3/p+1. The molecule has 0 aromatic heterocycles. The molecule has 2 aromatic carbocycles. The van der Waals surface area contributed by atoms with E-state index in [1.54, 1.807) is 31.4 Å². The van der Waals surface area contributed by atoms with Crippen molar-refractivity contribution in [2.24, 2.45) is 0 Å². The molecule has 0 spiro atoms. The van der Waals surface area contributed by atoms with Crippen molar-refractivity contribution in [2.75, 3.05) is 50.5 Å². The lowest BCUT2D eigenvalue weighted by molar-refractivity contribution is -0.898. The number of rotatable bonds is 7. The first-order chi connectivity index (χ1) is 12.6. The lowest BCUT2D eigenvalue weighted by atomic mass is 10.2. The number of methoxy groups -OCH3 is 1. The molecular formula is C19H25N2O4S+. The van der Waals surface area contributed by atoms with Crippen LogP contribution in [0.2, 0.25) is 0 Å². The van der Waals surface area contributed by atoms with Gasteiger partial charge in [-0.3, -0.25) is 0 Å². The average Bonchev–Trinajstić information content (AvgIpc) is 2.67. The minimum absolute atomic E-state index is 0.0197. The molecule has 0 radical (unpaired) electrons. The molecule has 0 amide bonds. The molecule has 26 heavy (non-hydrogen) atoms. The predicted octanol–water partition coefficient (Wildman–Crippen LogP) is 0.809. The van der Waals surface area contributed by atoms with Gasteiger partial charge < -0.3 is 18.7 Å². The predicted molar refractivity (Wildman–Crippen MR) is 102 cm³/mol. The van der Waals surface area contributed by atoms with Crippen molar-refractivity contribution in [1.82, 2.24) is 0 Å². The van der Waals surface area contributed by atoms with Crippen LogP contribution in [0.4, 0.5) is 5.69 Å². The van der Waals surface area contributed by atoms with Crippen molar-refractivity contribution in [3.63, 3.8) is 0 Å². The Balaban J connectivity index is 1.50. The highest BCUT2D eigenvalue weighted by atomic mass is 32.2. The normalized spacial score (nSPS) is 15.7. The summed E-state index contributed by atoms with van der Waals surface area (Å²) in [5, 5.41) is 0. The molecule has 1 aliphatic rings. The van der Waals surface area contributed by atoms with Gasteiger partial charge in [-0.15, -0.1) is 0 Å². The molecule has 0 atom stereocenters. The second kappa shape index (κ2) is 8.42. The Labute approximate surface area is 155 Å². The van der Waals surface area contributed by atoms with Crippen LogP contribution in [0.1, 0.15) is 0 Å². The van der Waals surface area contributed by atoms with Crippen LogP contribution in [0.5, 0.6) is 11.5 Å². The molecule has 7 heteroatoms. The number of benzene rings is 2. The van der Waals surface area contributed by atoms with E-state index in [0.717, 1.165) is 37.6 Å². The Bertz CT molecular complexity index is 803. The van der Waals surface area contributed by atoms with Crippen molar-refractivity contribution in [2.45, 2.75) is 0 Å². The first kappa shape index (κ1) is 18.5. The number of quaternary nitrogens is 1. The third kappa shape index (κ3) is 4.89. The van der Waals surface area contributed by atoms with E-state index in [4.69, 9.17) is 8.92 Å². The van der Waals surface area contributed by atoms with Crippen molar-refractivity contribution < 1.29 is 22.2 Å². The first-order valence-electron chi connectivity index (χ1n) is 8.76. The molecule has 2 aromatic rings. The minimum atomic E-state index is -3.56. The van der Waals surface area contributed by atoms with E-state index in [-0.39, 0.29) is 5.75 Å². The molecular weight excluding hydrogens is 352 g/mol. The number of piperazine rings is 1. The molecule has 0 saturated carbocycles. The van der Waals surface area contributed by atoms with Gasteiger partial charge in [-0.1, -0.05) is 30.3 Å². The largest absolute Gasteiger partial charge is 0.495 e. The summed E-state index contributed by atoms with van der Waals surface area (Å²) in [4.78, 5) is 3.56. The van der Waals surface area contributed by atoms with E-state index in [9.17, 15) is 8.42 Å². The number of nitrogens with zero attached hydrogens (tertiary/aromatic N) is 1. The zero-order valence-corrected chi connectivity index (χ0v) is 15.7. The van der Waals surface area contributed by atoms with Crippen molar-refractivity contribution in [3.8, 4) is 11.5 Å². The second-order valence-corrected chi connectivity index (χ2v) is 8.01. The highest BCUT2D eigenvalue weighted by Gasteiger charge is 2.24. The number of hydrogen-bond acceptors (Lipinski definition) is 5. The monoisotopic (exact) mass is 377 g/mol. The Kier molecular flexibility index (Phi) is 6.00. The SMILES string of the molecule is COc1ccccc1N1CC[NH+](CCS(=O)(=O)Oc2ccccc2)CC1. The van der Waals surface area contributed by atoms with E-state index < -0.39 is 10.1 Å². The maximum Gasteiger partial charge on any atom is 0.314 e. The van der Waals surface area contributed by atoms with Crippen LogP contribution in [0.15, 0.2) is 54.6 Å². The minimum Gasteiger partial charge on any atom is -0.495 e. The zero-order valence-electron chi connectivity index (χ0n) is 14.9. The maximum atomic E-state index is 12.1. The van der Waals surface area contributed by atoms with Crippen LogP contribution in [0, 0.1) is 0 Å². The van der Waals surface area contributed by atoms with Gasteiger partial charge in [0.15, 0.2) is 0 Å². The summed E-state index contributed by atoms with van der Waals surface area (Å²) < 4.78 is 34.9. The third-order valence-corrected chi connectivity index (χ3v) is 5.72. The van der Waals surface area contributed by atoms with Crippen LogP contribution in [0.3, 0.4) is 0 Å². The quantitative estimate of drug-likeness (QED) is 0.724. The summed E-state index contributed by atoms with van der Waals surface area (Å²) in [6, 6.07) is 16.6. The molecule has 0 unspecified atom stereocenters. The van der Waals surface area contributed by atoms with Gasteiger partial charge in [0.25, 0.3) is 0 Å². The molecule has 1 saturated heterocycles. The molecule has 1 aliphatic heterocycles. The smallest absolute Gasteiger partial charge is 0.314 e. The molecule has 140 valence electrons. The van der Waals surface area contributed by atoms with Gasteiger partial charge in [0, 0.05) is 0 Å². The van der Waals surface area contributed by atoms with E-state index >= 15 is 0 Å². The molecule has 1 heterocycles. The Morgan fingerprint density at radius 1 is 1.00 bits per heavy atom. The van der Waals surface area contributed by atoms with E-state index in [1.807, 2.05) is 24.3 Å². The number of para-hydroxylation sites is 3. The highest BCUT2D eigenvalue weighted by Crippen LogP contribution is 2.27. The summed E-state index contributed by atoms with van der Waals surface area (Å²) in [5.74, 6) is 1.25. The van der Waals surface area contributed by atoms with Gasteiger partial charge in [0.05, 0.1) is 45.5 Å². The Morgan fingerprint density at radius 2 is 1.65 bits per heavy atom. The fourth-order valence-electron chi connectivity index (χ4n) is 3.14. The van der Waals surface area contributed by atoms with Crippen molar-refractivity contribution >= 4 is 15.8 Å². The first-order valence-corrected chi connectivity index (χ1v) is 10.3. The highest BCUT2D eigenvalue weighted by molar-refractivity contribution is 7.87. The Hall–Kier alpha value is -2.25. The number of nitrogens with one attached hydrogen (secondary N) is 1. The van der Waals surface area contributed by atoms with E-state index in [0.29, 0.717) is 12.3 Å². The van der Waals surface area contributed by atoms with Crippen LogP contribution in [-0.4, -0.2) is 54.0 Å². The van der Waals surface area contributed by atoms with Gasteiger partial charge in [0.1, 0.15) is 17.3 Å². The lowest BCUT2D eigenvalue weighted by Gasteiger charge is -2.34. The summed E-state index contributed by atoms with van der Waals surface area (Å²) in [7, 11) is -1.89. The summed E-state index contributed by atoms with van der Waals surface area (Å²) in [6.45, 7) is 4.07. The summed E-state index contributed by atoms with van der Waals surface area (Å²) in [6.07, 6.45) is 0. The topological polar surface area (TPSA) is 60.3 Å². The van der Waals surface area contributed by atoms with Gasteiger partial charge >= 0.3 is 10.1 Å². The number of anilines is 1. The molecule has 0 aliphatic carbocycles. The average molecular weight is 377 g/mol. The van der Waals surface area contributed by atoms with Gasteiger partial charge in [-0.2, -0.15) is 8.42 Å². The molecule has 0 bridgehead atoms. The second-order valence-electron chi connectivity index (χ2n) is 6.32. The molecule has 3 rings (SSSR count). The Morgan fingerprint density at radius 3 is 2.35 bits per heavy atom. The third-order valence-electron chi connectivity index (χ3n) is 4.57. The van der Waals surface area contributed by atoms with Crippen LogP contribution in [0.25, 0.3) is 0 Å². The van der Waals surface area contributed by atoms with Crippen molar-refractivity contribution in [1.29, 1.82) is 0 Å². The van der Waals surface area contributed by atoms with Crippen LogP contribution in [-0.2, 0) is 10.1 Å². The zero-order chi connectivity index (χ0) is 18.4. The summed E-state index contributed by atoms with van der Waals surface area (Å²) in [5.41, 5.74) is 1.09. The van der Waals surface area contributed by atoms with Gasteiger partial charge in [-0.05, 0) is 24.3 Å². The van der Waals surface area contributed by atoms with Gasteiger partial charge in [0.2, 0.25) is 0 Å². The van der Waals surface area contributed by atoms with Crippen LogP contribution >= 0.6 is 0 Å². The molecule has 6 nitrogen and oxygen atoms in total. The number of hydrogen-bond donors (Lipinski definition) is 1. The maximum absolute atomic E-state index is 12.1. The lowest BCUT2D eigenvalue weighted by Crippen LogP contribution is -3.15. The van der Waals surface area contributed by atoms with E-state index in [2.05, 4.69) is 11.0 Å². The summed E-state index contributed by atoms with van der Waals surface area (Å²) >= 11 is 0. The fourth-order valence-corrected chi connectivity index (χ4v) is 4.16.